The van der Waals surface area contributed by atoms with Gasteiger partial charge < -0.3 is 10.6 Å². The summed E-state index contributed by atoms with van der Waals surface area (Å²) in [5, 5.41) is 7.23. The Balaban J connectivity index is 0.00000324. The van der Waals surface area contributed by atoms with Gasteiger partial charge in [-0.3, -0.25) is 4.99 Å². The maximum atomic E-state index is 4.69. The molecule has 3 nitrogen and oxygen atoms in total. The molecule has 0 bridgehead atoms. The van der Waals surface area contributed by atoms with E-state index < -0.39 is 0 Å². The van der Waals surface area contributed by atoms with E-state index in [1.54, 1.807) is 0 Å². The second-order valence-electron chi connectivity index (χ2n) is 7.69. The van der Waals surface area contributed by atoms with E-state index in [1.165, 1.54) is 0 Å². The lowest BCUT2D eigenvalue weighted by Gasteiger charge is -2.38. The first-order valence-corrected chi connectivity index (χ1v) is 7.17. The summed E-state index contributed by atoms with van der Waals surface area (Å²) in [7, 11) is 0. The van der Waals surface area contributed by atoms with Crippen LogP contribution in [-0.2, 0) is 0 Å². The first kappa shape index (κ1) is 18.7. The largest absolute Gasteiger partial charge is 0.368 e. The molecule has 0 radical (unpaired) electrons. The van der Waals surface area contributed by atoms with E-state index in [0.717, 1.165) is 25.3 Å². The van der Waals surface area contributed by atoms with E-state index in [4.69, 9.17) is 4.99 Å². The van der Waals surface area contributed by atoms with Crippen LogP contribution in [0, 0.1) is 11.3 Å². The predicted octanol–water partition coefficient (Wildman–Crippen LogP) is 3.24. The third kappa shape index (κ3) is 6.62. The lowest BCUT2D eigenvalue weighted by molar-refractivity contribution is 0.262. The number of rotatable bonds is 3. The first-order valence-electron chi connectivity index (χ1n) is 7.17. The van der Waals surface area contributed by atoms with E-state index in [0.29, 0.717) is 17.4 Å². The Morgan fingerprint density at radius 1 is 1.26 bits per heavy atom. The van der Waals surface area contributed by atoms with E-state index in [2.05, 4.69) is 59.1 Å². The highest BCUT2D eigenvalue weighted by Gasteiger charge is 2.30. The molecule has 0 amide bonds. The Morgan fingerprint density at radius 3 is 2.32 bits per heavy atom. The summed E-state index contributed by atoms with van der Waals surface area (Å²) in [4.78, 5) is 4.69. The number of halogens is 1. The van der Waals surface area contributed by atoms with Crippen molar-refractivity contribution in [2.75, 3.05) is 13.1 Å². The van der Waals surface area contributed by atoms with Gasteiger partial charge in [0.25, 0.3) is 0 Å². The van der Waals surface area contributed by atoms with Crippen LogP contribution < -0.4 is 10.6 Å². The molecule has 0 spiro atoms. The Kier molecular flexibility index (Phi) is 6.84. The number of nitrogens with one attached hydrogen (secondary N) is 2. The molecular formula is C15H32ClN3. The topological polar surface area (TPSA) is 36.4 Å². The van der Waals surface area contributed by atoms with Crippen molar-refractivity contribution in [2.45, 2.75) is 66.5 Å². The van der Waals surface area contributed by atoms with Gasteiger partial charge in [0, 0.05) is 12.1 Å². The van der Waals surface area contributed by atoms with Gasteiger partial charge in [0.15, 0.2) is 0 Å². The zero-order valence-corrected chi connectivity index (χ0v) is 14.4. The molecule has 1 aliphatic heterocycles. The Hall–Kier alpha value is -0.280. The summed E-state index contributed by atoms with van der Waals surface area (Å²) in [6.45, 7) is 17.8. The zero-order chi connectivity index (χ0) is 14.0. The molecule has 1 aliphatic rings. The van der Waals surface area contributed by atoms with Crippen molar-refractivity contribution in [1.29, 1.82) is 0 Å². The Labute approximate surface area is 125 Å². The molecule has 0 aromatic rings. The standard InChI is InChI=1S/C15H31N3.ClH/c1-11(2)12-13(17-9-8-16-12)18-15(6,7)10-14(3,4)5;/h11-12,16H,8-10H2,1-7H3,(H,17,18);1H. The highest BCUT2D eigenvalue weighted by atomic mass is 35.5. The normalized spacial score (nSPS) is 20.8. The van der Waals surface area contributed by atoms with Crippen molar-refractivity contribution in [3.8, 4) is 0 Å². The number of hydrogen-bond acceptors (Lipinski definition) is 3. The highest BCUT2D eigenvalue weighted by Crippen LogP contribution is 2.27. The summed E-state index contributed by atoms with van der Waals surface area (Å²) in [6.07, 6.45) is 1.13. The van der Waals surface area contributed by atoms with Crippen LogP contribution in [0.5, 0.6) is 0 Å². The molecule has 0 fully saturated rings. The molecule has 1 heterocycles. The molecule has 0 aromatic carbocycles. The second kappa shape index (κ2) is 6.94. The van der Waals surface area contributed by atoms with E-state index in [9.17, 15) is 0 Å². The number of amidine groups is 1. The first-order chi connectivity index (χ1) is 8.11. The lowest BCUT2D eigenvalue weighted by Crippen LogP contribution is -2.57. The van der Waals surface area contributed by atoms with Gasteiger partial charge in [0.05, 0.1) is 12.6 Å². The van der Waals surface area contributed by atoms with Crippen LogP contribution in [0.4, 0.5) is 0 Å². The molecule has 1 atom stereocenters. The van der Waals surface area contributed by atoms with Crippen LogP contribution in [0.15, 0.2) is 4.99 Å². The molecule has 2 N–H and O–H groups in total. The van der Waals surface area contributed by atoms with Crippen LogP contribution in [-0.4, -0.2) is 30.5 Å². The van der Waals surface area contributed by atoms with Crippen LogP contribution in [0.2, 0.25) is 0 Å². The van der Waals surface area contributed by atoms with Gasteiger partial charge in [-0.1, -0.05) is 34.6 Å². The molecule has 1 rings (SSSR count). The van der Waals surface area contributed by atoms with Crippen molar-refractivity contribution in [3.63, 3.8) is 0 Å². The third-order valence-electron chi connectivity index (χ3n) is 3.16. The molecule has 0 saturated heterocycles. The van der Waals surface area contributed by atoms with Gasteiger partial charge >= 0.3 is 0 Å². The molecule has 0 saturated carbocycles. The maximum absolute atomic E-state index is 4.69. The fraction of sp³-hybridized carbons (Fsp3) is 0.933. The summed E-state index contributed by atoms with van der Waals surface area (Å²) in [5.74, 6) is 1.72. The summed E-state index contributed by atoms with van der Waals surface area (Å²) in [5.41, 5.74) is 0.412. The Morgan fingerprint density at radius 2 is 1.84 bits per heavy atom. The SMILES string of the molecule is CC(C)C1NCCN=C1NC(C)(C)CC(C)(C)C.Cl. The quantitative estimate of drug-likeness (QED) is 0.837. The summed E-state index contributed by atoms with van der Waals surface area (Å²) in [6, 6.07) is 0.373. The average Bonchev–Trinajstić information content (AvgIpc) is 2.13. The van der Waals surface area contributed by atoms with Crippen LogP contribution in [0.25, 0.3) is 0 Å². The minimum absolute atomic E-state index is 0. The van der Waals surface area contributed by atoms with Crippen molar-refractivity contribution in [3.05, 3.63) is 0 Å². The Bertz CT molecular complexity index is 303. The summed E-state index contributed by atoms with van der Waals surface area (Å²) < 4.78 is 0. The van der Waals surface area contributed by atoms with Gasteiger partial charge in [-0.05, 0) is 31.6 Å². The van der Waals surface area contributed by atoms with Crippen molar-refractivity contribution in [2.24, 2.45) is 16.3 Å². The fourth-order valence-electron chi connectivity index (χ4n) is 2.98. The molecule has 114 valence electrons. The van der Waals surface area contributed by atoms with Crippen LogP contribution >= 0.6 is 12.4 Å². The van der Waals surface area contributed by atoms with E-state index in [-0.39, 0.29) is 17.9 Å². The lowest BCUT2D eigenvalue weighted by atomic mass is 9.81. The second-order valence-corrected chi connectivity index (χ2v) is 7.69. The zero-order valence-electron chi connectivity index (χ0n) is 13.6. The van der Waals surface area contributed by atoms with E-state index >= 15 is 0 Å². The van der Waals surface area contributed by atoms with Gasteiger partial charge in [0.1, 0.15) is 5.84 Å². The van der Waals surface area contributed by atoms with Crippen molar-refractivity contribution >= 4 is 18.2 Å². The van der Waals surface area contributed by atoms with Gasteiger partial charge in [-0.2, -0.15) is 0 Å². The van der Waals surface area contributed by atoms with Crippen molar-refractivity contribution < 1.29 is 0 Å². The van der Waals surface area contributed by atoms with Crippen LogP contribution in [0.3, 0.4) is 0 Å². The molecule has 0 aromatic heterocycles. The number of hydrogen-bond donors (Lipinski definition) is 2. The average molecular weight is 290 g/mol. The molecule has 1 unspecified atom stereocenters. The van der Waals surface area contributed by atoms with Gasteiger partial charge in [-0.15, -0.1) is 12.4 Å². The van der Waals surface area contributed by atoms with Gasteiger partial charge in [0.2, 0.25) is 0 Å². The smallest absolute Gasteiger partial charge is 0.114 e. The predicted molar refractivity (Wildman–Crippen MR) is 87.5 cm³/mol. The monoisotopic (exact) mass is 289 g/mol. The van der Waals surface area contributed by atoms with E-state index in [1.807, 2.05) is 0 Å². The van der Waals surface area contributed by atoms with Crippen molar-refractivity contribution in [1.82, 2.24) is 10.6 Å². The molecule has 0 aliphatic carbocycles. The molecule has 19 heavy (non-hydrogen) atoms. The number of aliphatic imine (C=N–C) groups is 1. The van der Waals surface area contributed by atoms with Crippen LogP contribution in [0.1, 0.15) is 54.9 Å². The van der Waals surface area contributed by atoms with Gasteiger partial charge in [-0.25, -0.2) is 0 Å². The molecule has 4 heteroatoms. The maximum Gasteiger partial charge on any atom is 0.114 e. The summed E-state index contributed by atoms with van der Waals surface area (Å²) >= 11 is 0. The highest BCUT2D eigenvalue weighted by molar-refractivity contribution is 5.88. The fourth-order valence-corrected chi connectivity index (χ4v) is 2.98. The molecular weight excluding hydrogens is 258 g/mol. The minimum Gasteiger partial charge on any atom is -0.368 e. The third-order valence-corrected chi connectivity index (χ3v) is 3.16. The minimum atomic E-state index is 0. The number of nitrogens with zero attached hydrogens (tertiary/aromatic N) is 1.